The summed E-state index contributed by atoms with van der Waals surface area (Å²) in [6.07, 6.45) is 1.90. The van der Waals surface area contributed by atoms with Gasteiger partial charge in [-0.1, -0.05) is 59.6 Å². The third-order valence-corrected chi connectivity index (χ3v) is 5.52. The summed E-state index contributed by atoms with van der Waals surface area (Å²) in [6.45, 7) is 3.73. The minimum Gasteiger partial charge on any atom is -0.489 e. The zero-order chi connectivity index (χ0) is 23.8. The highest BCUT2D eigenvalue weighted by atomic mass is 35.5. The van der Waals surface area contributed by atoms with E-state index in [1.165, 1.54) is 13.0 Å². The predicted octanol–water partition coefficient (Wildman–Crippen LogP) is 6.46. The normalized spacial score (nSPS) is 11.8. The minimum atomic E-state index is -0.970. The van der Waals surface area contributed by atoms with Gasteiger partial charge in [0.1, 0.15) is 12.4 Å². The Balaban J connectivity index is 1.48. The van der Waals surface area contributed by atoms with Crippen molar-refractivity contribution in [3.8, 4) is 5.75 Å². The molecule has 170 valence electrons. The molecule has 0 aliphatic carbocycles. The van der Waals surface area contributed by atoms with Gasteiger partial charge in [0.2, 0.25) is 0 Å². The molecule has 0 aliphatic rings. The fourth-order valence-corrected chi connectivity index (χ4v) is 3.17. The fourth-order valence-electron chi connectivity index (χ4n) is 2.80. The maximum atomic E-state index is 12.3. The lowest BCUT2D eigenvalue weighted by Crippen LogP contribution is -2.29. The van der Waals surface area contributed by atoms with Gasteiger partial charge in [0.15, 0.2) is 6.10 Å². The van der Waals surface area contributed by atoms with Crippen LogP contribution in [0.4, 0.5) is 5.69 Å². The number of carbonyl (C=O) groups excluding carboxylic acids is 2. The fraction of sp³-hybridized carbons (Fsp3) is 0.154. The second-order valence-electron chi connectivity index (χ2n) is 7.31. The molecule has 0 saturated carbocycles. The summed E-state index contributed by atoms with van der Waals surface area (Å²) in [6, 6.07) is 19.9. The number of rotatable bonds is 8. The van der Waals surface area contributed by atoms with Crippen molar-refractivity contribution in [2.24, 2.45) is 0 Å². The van der Waals surface area contributed by atoms with Crippen molar-refractivity contribution in [1.29, 1.82) is 0 Å². The van der Waals surface area contributed by atoms with Crippen LogP contribution in [0, 0.1) is 6.92 Å². The third kappa shape index (κ3) is 7.38. The van der Waals surface area contributed by atoms with Gasteiger partial charge in [0.05, 0.1) is 0 Å². The van der Waals surface area contributed by atoms with Gasteiger partial charge >= 0.3 is 5.97 Å². The van der Waals surface area contributed by atoms with E-state index in [4.69, 9.17) is 32.7 Å². The smallest absolute Gasteiger partial charge is 0.331 e. The summed E-state index contributed by atoms with van der Waals surface area (Å²) in [5, 5.41) is 3.87. The van der Waals surface area contributed by atoms with Crippen molar-refractivity contribution in [3.05, 3.63) is 99.5 Å². The molecule has 0 saturated heterocycles. The quantitative estimate of drug-likeness (QED) is 0.294. The number of aryl methyl sites for hydroxylation is 1. The Bertz CT molecular complexity index is 1160. The Kier molecular flexibility index (Phi) is 8.52. The van der Waals surface area contributed by atoms with Crippen molar-refractivity contribution in [2.45, 2.75) is 26.6 Å². The first-order chi connectivity index (χ1) is 15.8. The first-order valence-electron chi connectivity index (χ1n) is 10.2. The Labute approximate surface area is 202 Å². The van der Waals surface area contributed by atoms with Crippen LogP contribution in [-0.4, -0.2) is 18.0 Å². The van der Waals surface area contributed by atoms with Crippen molar-refractivity contribution in [3.63, 3.8) is 0 Å². The molecule has 0 bridgehead atoms. The number of amides is 1. The maximum absolute atomic E-state index is 12.3. The van der Waals surface area contributed by atoms with E-state index in [1.54, 1.807) is 36.4 Å². The largest absolute Gasteiger partial charge is 0.489 e. The van der Waals surface area contributed by atoms with Crippen LogP contribution in [-0.2, 0) is 20.9 Å². The Hall–Kier alpha value is -3.28. The van der Waals surface area contributed by atoms with E-state index < -0.39 is 18.0 Å². The zero-order valence-electron chi connectivity index (χ0n) is 18.2. The van der Waals surface area contributed by atoms with Gasteiger partial charge in [-0.3, -0.25) is 4.79 Å². The van der Waals surface area contributed by atoms with E-state index in [0.717, 1.165) is 16.7 Å². The second kappa shape index (κ2) is 11.5. The zero-order valence-corrected chi connectivity index (χ0v) is 19.7. The van der Waals surface area contributed by atoms with E-state index in [2.05, 4.69) is 5.32 Å². The van der Waals surface area contributed by atoms with Gasteiger partial charge < -0.3 is 14.8 Å². The van der Waals surface area contributed by atoms with Crippen LogP contribution in [0.5, 0.6) is 5.75 Å². The van der Waals surface area contributed by atoms with E-state index >= 15 is 0 Å². The van der Waals surface area contributed by atoms with Gasteiger partial charge in [0.25, 0.3) is 5.91 Å². The molecule has 1 N–H and O–H groups in total. The molecule has 0 aliphatic heterocycles. The lowest BCUT2D eigenvalue weighted by Gasteiger charge is -2.13. The van der Waals surface area contributed by atoms with Gasteiger partial charge in [-0.15, -0.1) is 0 Å². The van der Waals surface area contributed by atoms with Gasteiger partial charge in [0, 0.05) is 27.4 Å². The number of anilines is 1. The lowest BCUT2D eigenvalue weighted by atomic mass is 10.2. The molecule has 0 heterocycles. The van der Waals surface area contributed by atoms with Gasteiger partial charge in [-0.05, 0) is 61.4 Å². The molecule has 0 radical (unpaired) electrons. The Morgan fingerprint density at radius 1 is 1.00 bits per heavy atom. The summed E-state index contributed by atoms with van der Waals surface area (Å²) in [5.41, 5.74) is 3.11. The van der Waals surface area contributed by atoms with Crippen LogP contribution in [0.3, 0.4) is 0 Å². The summed E-state index contributed by atoms with van der Waals surface area (Å²) >= 11 is 12.2. The van der Waals surface area contributed by atoms with Crippen LogP contribution >= 0.6 is 23.2 Å². The van der Waals surface area contributed by atoms with E-state index in [9.17, 15) is 9.59 Å². The number of hydrogen-bond donors (Lipinski definition) is 1. The molecule has 7 heteroatoms. The Morgan fingerprint density at radius 3 is 2.42 bits per heavy atom. The van der Waals surface area contributed by atoms with Crippen LogP contribution in [0.1, 0.15) is 23.6 Å². The molecule has 5 nitrogen and oxygen atoms in total. The van der Waals surface area contributed by atoms with Crippen molar-refractivity contribution >= 4 is 46.8 Å². The number of benzene rings is 3. The molecule has 1 atom stereocenters. The first-order valence-corrected chi connectivity index (χ1v) is 11.0. The molecule has 0 fully saturated rings. The van der Waals surface area contributed by atoms with E-state index in [1.807, 2.05) is 43.3 Å². The summed E-state index contributed by atoms with van der Waals surface area (Å²) in [4.78, 5) is 24.4. The van der Waals surface area contributed by atoms with Crippen LogP contribution in [0.25, 0.3) is 6.08 Å². The molecule has 1 unspecified atom stereocenters. The molecule has 0 spiro atoms. The van der Waals surface area contributed by atoms with Gasteiger partial charge in [-0.25, -0.2) is 4.79 Å². The molecule has 0 aromatic heterocycles. The molecular formula is C26H23Cl2NO4. The number of ether oxygens (including phenoxy) is 2. The number of esters is 1. The summed E-state index contributed by atoms with van der Waals surface area (Å²) < 4.78 is 10.9. The second-order valence-corrected chi connectivity index (χ2v) is 8.13. The SMILES string of the molecule is Cc1ccc(NC(=O)C(C)OC(=O)/C=C/c2ccc(OCc3ccccc3Cl)cc2)cc1Cl. The maximum Gasteiger partial charge on any atom is 0.331 e. The van der Waals surface area contributed by atoms with E-state index in [0.29, 0.717) is 28.1 Å². The molecule has 3 aromatic carbocycles. The number of nitrogens with one attached hydrogen (secondary N) is 1. The highest BCUT2D eigenvalue weighted by molar-refractivity contribution is 6.31. The molecule has 3 rings (SSSR count). The number of carbonyl (C=O) groups is 2. The van der Waals surface area contributed by atoms with Crippen LogP contribution in [0.15, 0.2) is 72.8 Å². The number of halogens is 2. The third-order valence-electron chi connectivity index (χ3n) is 4.75. The Morgan fingerprint density at radius 2 is 1.73 bits per heavy atom. The summed E-state index contributed by atoms with van der Waals surface area (Å²) in [5.74, 6) is -0.397. The highest BCUT2D eigenvalue weighted by Crippen LogP contribution is 2.21. The highest BCUT2D eigenvalue weighted by Gasteiger charge is 2.17. The van der Waals surface area contributed by atoms with Crippen molar-refractivity contribution in [2.75, 3.05) is 5.32 Å². The molecule has 3 aromatic rings. The summed E-state index contributed by atoms with van der Waals surface area (Å²) in [7, 11) is 0. The average Bonchev–Trinajstić information content (AvgIpc) is 2.80. The monoisotopic (exact) mass is 483 g/mol. The van der Waals surface area contributed by atoms with Gasteiger partial charge in [-0.2, -0.15) is 0 Å². The number of hydrogen-bond acceptors (Lipinski definition) is 4. The first kappa shape index (κ1) is 24.4. The van der Waals surface area contributed by atoms with Crippen molar-refractivity contribution < 1.29 is 19.1 Å². The van der Waals surface area contributed by atoms with Crippen LogP contribution in [0.2, 0.25) is 10.0 Å². The predicted molar refractivity (Wildman–Crippen MR) is 132 cm³/mol. The standard InChI is InChI=1S/C26H23Cl2NO4/c1-17-7-11-21(15-24(17)28)29-26(31)18(2)33-25(30)14-10-19-8-12-22(13-9-19)32-16-20-5-3-4-6-23(20)27/h3-15,18H,16H2,1-2H3,(H,29,31)/b14-10+. The topological polar surface area (TPSA) is 64.6 Å². The molecule has 1 amide bonds. The lowest BCUT2D eigenvalue weighted by molar-refractivity contribution is -0.148. The van der Waals surface area contributed by atoms with Crippen molar-refractivity contribution in [1.82, 2.24) is 0 Å². The van der Waals surface area contributed by atoms with Crippen LogP contribution < -0.4 is 10.1 Å². The minimum absolute atomic E-state index is 0.357. The van der Waals surface area contributed by atoms with E-state index in [-0.39, 0.29) is 0 Å². The molecule has 33 heavy (non-hydrogen) atoms. The molecular weight excluding hydrogens is 461 g/mol. The average molecular weight is 484 g/mol.